The van der Waals surface area contributed by atoms with Crippen molar-refractivity contribution in [3.8, 4) is 0 Å². The van der Waals surface area contributed by atoms with Crippen LogP contribution < -0.4 is 9.80 Å². The average Bonchev–Trinajstić information content (AvgIpc) is 3.52. The molecule has 2 saturated carbocycles. The molecule has 1 aromatic carbocycles. The summed E-state index contributed by atoms with van der Waals surface area (Å²) in [5, 5.41) is 0. The third-order valence-corrected chi connectivity index (χ3v) is 8.58. The lowest BCUT2D eigenvalue weighted by atomic mass is 9.76. The molecule has 5 rings (SSSR count). The molecule has 1 aromatic rings. The van der Waals surface area contributed by atoms with Crippen molar-refractivity contribution < 1.29 is 4.74 Å². The standard InChI is InChI=1S/C28H45N3O/c1-21(2)18-29-13-15-30(16-14-29)27-6-5-25(31-19-22(3)32-23(4)20-31)17-26(27)24-7-9-28(10-8-24)11-12-28/h5-6,17,21-24H,7-16,18-20H2,1-4H3/t22-,23+. The fourth-order valence-corrected chi connectivity index (χ4v) is 6.65. The van der Waals surface area contributed by atoms with Crippen LogP contribution in [0, 0.1) is 11.3 Å². The van der Waals surface area contributed by atoms with Gasteiger partial charge in [-0.1, -0.05) is 13.8 Å². The van der Waals surface area contributed by atoms with Gasteiger partial charge in [-0.2, -0.15) is 0 Å². The number of benzene rings is 1. The number of morpholine rings is 1. The van der Waals surface area contributed by atoms with E-state index in [-0.39, 0.29) is 0 Å². The highest BCUT2D eigenvalue weighted by molar-refractivity contribution is 5.64. The molecule has 4 aliphatic rings. The van der Waals surface area contributed by atoms with Crippen LogP contribution in [0.1, 0.15) is 77.7 Å². The van der Waals surface area contributed by atoms with Crippen LogP contribution in [0.2, 0.25) is 0 Å². The molecule has 2 atom stereocenters. The van der Waals surface area contributed by atoms with E-state index in [2.05, 4.69) is 60.6 Å². The second kappa shape index (κ2) is 9.18. The van der Waals surface area contributed by atoms with Gasteiger partial charge < -0.3 is 14.5 Å². The van der Waals surface area contributed by atoms with E-state index in [4.69, 9.17) is 4.74 Å². The van der Waals surface area contributed by atoms with Crippen LogP contribution >= 0.6 is 0 Å². The first-order chi connectivity index (χ1) is 15.4. The second-order valence-electron chi connectivity index (χ2n) is 11.9. The van der Waals surface area contributed by atoms with Crippen molar-refractivity contribution in [2.24, 2.45) is 11.3 Å². The largest absolute Gasteiger partial charge is 0.372 e. The molecule has 4 nitrogen and oxygen atoms in total. The highest BCUT2D eigenvalue weighted by Crippen LogP contribution is 2.59. The summed E-state index contributed by atoms with van der Waals surface area (Å²) >= 11 is 0. The predicted octanol–water partition coefficient (Wildman–Crippen LogP) is 5.52. The quantitative estimate of drug-likeness (QED) is 0.601. The van der Waals surface area contributed by atoms with E-state index in [1.165, 1.54) is 82.6 Å². The number of hydrogen-bond acceptors (Lipinski definition) is 4. The molecular weight excluding hydrogens is 394 g/mol. The predicted molar refractivity (Wildman–Crippen MR) is 135 cm³/mol. The minimum atomic E-state index is 0.306. The summed E-state index contributed by atoms with van der Waals surface area (Å²) in [6.45, 7) is 17.1. The summed E-state index contributed by atoms with van der Waals surface area (Å²) in [5.41, 5.74) is 5.34. The molecule has 0 unspecified atom stereocenters. The number of anilines is 2. The Morgan fingerprint density at radius 2 is 1.56 bits per heavy atom. The van der Waals surface area contributed by atoms with Gasteiger partial charge in [-0.3, -0.25) is 4.90 Å². The van der Waals surface area contributed by atoms with Gasteiger partial charge >= 0.3 is 0 Å². The molecule has 4 fully saturated rings. The summed E-state index contributed by atoms with van der Waals surface area (Å²) in [6, 6.07) is 7.44. The first-order valence-electron chi connectivity index (χ1n) is 13.4. The number of ether oxygens (including phenoxy) is 1. The summed E-state index contributed by atoms with van der Waals surface area (Å²) in [5.74, 6) is 1.49. The van der Waals surface area contributed by atoms with Crippen molar-refractivity contribution in [1.29, 1.82) is 0 Å². The molecule has 0 N–H and O–H groups in total. The van der Waals surface area contributed by atoms with Crippen LogP contribution in [0.3, 0.4) is 0 Å². The van der Waals surface area contributed by atoms with E-state index in [1.807, 2.05) is 0 Å². The topological polar surface area (TPSA) is 19.0 Å². The van der Waals surface area contributed by atoms with E-state index in [1.54, 1.807) is 5.56 Å². The smallest absolute Gasteiger partial charge is 0.0726 e. The van der Waals surface area contributed by atoms with Gasteiger partial charge in [0.15, 0.2) is 0 Å². The van der Waals surface area contributed by atoms with Crippen molar-refractivity contribution in [3.63, 3.8) is 0 Å². The summed E-state index contributed by atoms with van der Waals surface area (Å²) in [4.78, 5) is 7.92. The van der Waals surface area contributed by atoms with Crippen molar-refractivity contribution in [1.82, 2.24) is 4.90 Å². The summed E-state index contributed by atoms with van der Waals surface area (Å²) in [6.07, 6.45) is 9.28. The molecule has 2 saturated heterocycles. The molecule has 2 heterocycles. The Labute approximate surface area is 196 Å². The van der Waals surface area contributed by atoms with Gasteiger partial charge in [-0.05, 0) is 93.4 Å². The fraction of sp³-hybridized carbons (Fsp3) is 0.786. The minimum absolute atomic E-state index is 0.306. The van der Waals surface area contributed by atoms with Gasteiger partial charge in [0.1, 0.15) is 0 Å². The van der Waals surface area contributed by atoms with Crippen molar-refractivity contribution in [3.05, 3.63) is 23.8 Å². The maximum atomic E-state index is 6.02. The van der Waals surface area contributed by atoms with Crippen LogP contribution in [-0.2, 0) is 4.74 Å². The lowest BCUT2D eigenvalue weighted by Crippen LogP contribution is -2.48. The van der Waals surface area contributed by atoms with Gasteiger partial charge in [0.2, 0.25) is 0 Å². The zero-order valence-electron chi connectivity index (χ0n) is 21.0. The van der Waals surface area contributed by atoms with E-state index in [0.717, 1.165) is 30.3 Å². The molecular formula is C28H45N3O. The van der Waals surface area contributed by atoms with Crippen molar-refractivity contribution >= 4 is 11.4 Å². The van der Waals surface area contributed by atoms with E-state index in [9.17, 15) is 0 Å². The van der Waals surface area contributed by atoms with Crippen molar-refractivity contribution in [2.75, 3.05) is 55.6 Å². The molecule has 178 valence electrons. The number of nitrogens with zero attached hydrogens (tertiary/aromatic N) is 3. The molecule has 0 radical (unpaired) electrons. The Kier molecular flexibility index (Phi) is 6.46. The van der Waals surface area contributed by atoms with Crippen LogP contribution in [0.25, 0.3) is 0 Å². The zero-order chi connectivity index (χ0) is 22.3. The molecule has 2 aliphatic heterocycles. The number of hydrogen-bond donors (Lipinski definition) is 0. The molecule has 2 aliphatic carbocycles. The summed E-state index contributed by atoms with van der Waals surface area (Å²) < 4.78 is 6.02. The fourth-order valence-electron chi connectivity index (χ4n) is 6.65. The maximum Gasteiger partial charge on any atom is 0.0726 e. The number of rotatable bonds is 5. The Morgan fingerprint density at radius 3 is 2.16 bits per heavy atom. The SMILES string of the molecule is CC(C)CN1CCN(c2ccc(N3C[C@@H](C)O[C@@H](C)C3)cc2C2CCC3(CC2)CC3)CC1. The maximum absolute atomic E-state index is 6.02. The van der Waals surface area contributed by atoms with Gasteiger partial charge in [-0.25, -0.2) is 0 Å². The van der Waals surface area contributed by atoms with E-state index < -0.39 is 0 Å². The Morgan fingerprint density at radius 1 is 0.906 bits per heavy atom. The van der Waals surface area contributed by atoms with Crippen LogP contribution in [0.15, 0.2) is 18.2 Å². The Hall–Kier alpha value is -1.26. The van der Waals surface area contributed by atoms with Gasteiger partial charge in [0, 0.05) is 57.2 Å². The zero-order valence-corrected chi connectivity index (χ0v) is 21.0. The normalized spacial score (nSPS) is 29.2. The molecule has 0 aromatic heterocycles. The van der Waals surface area contributed by atoms with Crippen LogP contribution in [0.5, 0.6) is 0 Å². The highest BCUT2D eigenvalue weighted by Gasteiger charge is 2.45. The third-order valence-electron chi connectivity index (χ3n) is 8.58. The molecule has 0 amide bonds. The Bertz CT molecular complexity index is 761. The first-order valence-corrected chi connectivity index (χ1v) is 13.4. The van der Waals surface area contributed by atoms with E-state index in [0.29, 0.717) is 12.2 Å². The highest BCUT2D eigenvalue weighted by atomic mass is 16.5. The van der Waals surface area contributed by atoms with Gasteiger partial charge in [0.05, 0.1) is 12.2 Å². The van der Waals surface area contributed by atoms with Gasteiger partial charge in [0.25, 0.3) is 0 Å². The molecule has 0 bridgehead atoms. The molecule has 1 spiro atoms. The minimum Gasteiger partial charge on any atom is -0.372 e. The lowest BCUT2D eigenvalue weighted by Gasteiger charge is -2.41. The van der Waals surface area contributed by atoms with Crippen molar-refractivity contribution in [2.45, 2.75) is 84.3 Å². The van der Waals surface area contributed by atoms with Crippen LogP contribution in [-0.4, -0.2) is 62.9 Å². The monoisotopic (exact) mass is 439 g/mol. The van der Waals surface area contributed by atoms with Gasteiger partial charge in [-0.15, -0.1) is 0 Å². The molecule has 4 heteroatoms. The van der Waals surface area contributed by atoms with E-state index >= 15 is 0 Å². The first kappa shape index (κ1) is 22.5. The third kappa shape index (κ3) is 4.97. The molecule has 32 heavy (non-hydrogen) atoms. The Balaban J connectivity index is 1.37. The number of piperazine rings is 1. The van der Waals surface area contributed by atoms with Crippen LogP contribution in [0.4, 0.5) is 11.4 Å². The lowest BCUT2D eigenvalue weighted by molar-refractivity contribution is -0.00522. The summed E-state index contributed by atoms with van der Waals surface area (Å²) in [7, 11) is 0. The average molecular weight is 440 g/mol. The second-order valence-corrected chi connectivity index (χ2v) is 11.9.